The van der Waals surface area contributed by atoms with Crippen molar-refractivity contribution in [2.45, 2.75) is 59.2 Å². The Morgan fingerprint density at radius 2 is 1.78 bits per heavy atom. The number of esters is 1. The van der Waals surface area contributed by atoms with Gasteiger partial charge in [-0.15, -0.1) is 0 Å². The fourth-order valence-electron chi connectivity index (χ4n) is 5.10. The molecular formula is C33H40N5O6P. The first-order chi connectivity index (χ1) is 21.7. The molecule has 0 aliphatic carbocycles. The minimum absolute atomic E-state index is 0.0589. The Kier molecular flexibility index (Phi) is 10.4. The predicted molar refractivity (Wildman–Crippen MR) is 176 cm³/mol. The van der Waals surface area contributed by atoms with Gasteiger partial charge in [-0.1, -0.05) is 61.9 Å². The molecule has 3 N–H and O–H groups in total. The third-order valence-electron chi connectivity index (χ3n) is 7.38. The van der Waals surface area contributed by atoms with Crippen LogP contribution in [0.2, 0.25) is 0 Å². The first-order valence-corrected chi connectivity index (χ1v) is 16.8. The van der Waals surface area contributed by atoms with E-state index in [-0.39, 0.29) is 19.8 Å². The van der Waals surface area contributed by atoms with E-state index in [2.05, 4.69) is 10.1 Å². The number of carbonyl (C=O) groups excluding carboxylic acids is 1. The van der Waals surface area contributed by atoms with Crippen LogP contribution in [-0.4, -0.2) is 46.4 Å². The van der Waals surface area contributed by atoms with Crippen LogP contribution in [0.1, 0.15) is 52.4 Å². The maximum Gasteiger partial charge on any atom is 0.459 e. The molecule has 0 saturated heterocycles. The van der Waals surface area contributed by atoms with Crippen molar-refractivity contribution in [3.05, 3.63) is 72.6 Å². The second kappa shape index (κ2) is 14.4. The van der Waals surface area contributed by atoms with Gasteiger partial charge >= 0.3 is 13.7 Å². The summed E-state index contributed by atoms with van der Waals surface area (Å²) in [7, 11) is -4.13. The molecule has 5 rings (SSSR count). The highest BCUT2D eigenvalue weighted by Crippen LogP contribution is 2.46. The molecule has 0 spiro atoms. The average molecular weight is 634 g/mol. The van der Waals surface area contributed by atoms with E-state index >= 15 is 0 Å². The fourth-order valence-corrected chi connectivity index (χ4v) is 6.67. The Morgan fingerprint density at radius 1 is 1.02 bits per heavy atom. The van der Waals surface area contributed by atoms with Crippen LogP contribution in [0.15, 0.2) is 66.7 Å². The Bertz CT molecular complexity index is 1840. The van der Waals surface area contributed by atoms with Crippen LogP contribution in [0.25, 0.3) is 32.7 Å². The summed E-state index contributed by atoms with van der Waals surface area (Å²) in [5.41, 5.74) is 8.40. The van der Waals surface area contributed by atoms with E-state index in [0.29, 0.717) is 29.5 Å². The van der Waals surface area contributed by atoms with Crippen LogP contribution >= 0.6 is 7.75 Å². The van der Waals surface area contributed by atoms with Gasteiger partial charge in [0.1, 0.15) is 29.7 Å². The molecule has 0 bridgehead atoms. The Morgan fingerprint density at radius 3 is 2.56 bits per heavy atom. The number of para-hydroxylation sites is 1. The van der Waals surface area contributed by atoms with Gasteiger partial charge in [-0.2, -0.15) is 5.09 Å². The lowest BCUT2D eigenvalue weighted by Crippen LogP contribution is -2.35. The first kappa shape index (κ1) is 32.4. The van der Waals surface area contributed by atoms with Gasteiger partial charge in [0.2, 0.25) is 0 Å². The predicted octanol–water partition coefficient (Wildman–Crippen LogP) is 6.94. The number of hydrogen-bond donors (Lipinski definition) is 2. The van der Waals surface area contributed by atoms with E-state index < -0.39 is 25.8 Å². The molecule has 0 fully saturated rings. The van der Waals surface area contributed by atoms with Crippen LogP contribution in [-0.2, 0) is 30.0 Å². The summed E-state index contributed by atoms with van der Waals surface area (Å²) in [6.45, 7) is 8.35. The standard InChI is InChI=1S/C33H40N5O6P/c1-5-7-18-42-33(39)23(4)37-45(40,44-26-17-16-24-12-8-9-13-25(24)19-26)43-20-22(3)38-29(21-41-6-2)36-30-31(38)27-14-10-11-15-28(27)35-32(30)34/h8-17,19,22-23H,5-7,18,20-21H2,1-4H3,(H2,34,35)(H,37,40)/t22-,23-,45-/m0/s1. The Balaban J connectivity index is 1.47. The number of aromatic nitrogens is 3. The van der Waals surface area contributed by atoms with Gasteiger partial charge in [-0.25, -0.2) is 14.5 Å². The molecule has 0 aliphatic rings. The van der Waals surface area contributed by atoms with Crippen molar-refractivity contribution in [2.24, 2.45) is 0 Å². The molecule has 12 heteroatoms. The second-order valence-corrected chi connectivity index (χ2v) is 12.6. The molecule has 45 heavy (non-hydrogen) atoms. The van der Waals surface area contributed by atoms with Crippen molar-refractivity contribution in [3.8, 4) is 5.75 Å². The second-order valence-electron chi connectivity index (χ2n) is 10.9. The van der Waals surface area contributed by atoms with Crippen LogP contribution in [0.5, 0.6) is 5.75 Å². The van der Waals surface area contributed by atoms with Crippen molar-refractivity contribution in [3.63, 3.8) is 0 Å². The van der Waals surface area contributed by atoms with Crippen molar-refractivity contribution in [1.29, 1.82) is 0 Å². The molecular weight excluding hydrogens is 593 g/mol. The lowest BCUT2D eigenvalue weighted by atomic mass is 10.1. The molecule has 0 saturated carbocycles. The van der Waals surface area contributed by atoms with Gasteiger partial charge in [-0.3, -0.25) is 9.32 Å². The molecule has 3 atom stereocenters. The number of hydrogen-bond acceptors (Lipinski definition) is 9. The number of fused-ring (bicyclic) bond motifs is 4. The molecule has 0 unspecified atom stereocenters. The van der Waals surface area contributed by atoms with E-state index in [1.54, 1.807) is 19.1 Å². The lowest BCUT2D eigenvalue weighted by Gasteiger charge is -2.25. The van der Waals surface area contributed by atoms with Gasteiger partial charge in [0.25, 0.3) is 0 Å². The van der Waals surface area contributed by atoms with Crippen molar-refractivity contribution in [1.82, 2.24) is 19.6 Å². The quantitative estimate of drug-likeness (QED) is 0.0708. The van der Waals surface area contributed by atoms with Crippen LogP contribution < -0.4 is 15.3 Å². The van der Waals surface area contributed by atoms with Gasteiger partial charge < -0.3 is 24.3 Å². The number of nitrogens with zero attached hydrogens (tertiary/aromatic N) is 3. The van der Waals surface area contributed by atoms with Crippen LogP contribution in [0, 0.1) is 0 Å². The Hall–Kier alpha value is -4.02. The monoisotopic (exact) mass is 633 g/mol. The molecule has 238 valence electrons. The number of ether oxygens (including phenoxy) is 2. The molecule has 0 aliphatic heterocycles. The average Bonchev–Trinajstić information content (AvgIpc) is 3.43. The summed E-state index contributed by atoms with van der Waals surface area (Å²) in [6, 6.07) is 19.5. The zero-order valence-corrected chi connectivity index (χ0v) is 27.0. The normalized spacial score (nSPS) is 14.4. The molecule has 0 radical (unpaired) electrons. The smallest absolute Gasteiger partial charge is 0.459 e. The summed E-state index contributed by atoms with van der Waals surface area (Å²) < 4.78 is 39.6. The number of rotatable bonds is 15. The third kappa shape index (κ3) is 7.45. The van der Waals surface area contributed by atoms with Crippen molar-refractivity contribution in [2.75, 3.05) is 25.6 Å². The van der Waals surface area contributed by atoms with E-state index in [0.717, 1.165) is 40.0 Å². The number of nitrogens with two attached hydrogens (primary N) is 1. The van der Waals surface area contributed by atoms with Gasteiger partial charge in [0, 0.05) is 12.0 Å². The van der Waals surface area contributed by atoms with Gasteiger partial charge in [0.15, 0.2) is 5.82 Å². The molecule has 5 aromatic rings. The van der Waals surface area contributed by atoms with Crippen molar-refractivity contribution < 1.29 is 27.9 Å². The highest BCUT2D eigenvalue weighted by Gasteiger charge is 2.34. The number of carbonyl (C=O) groups is 1. The fraction of sp³-hybridized carbons (Fsp3) is 0.364. The molecule has 0 amide bonds. The lowest BCUT2D eigenvalue weighted by molar-refractivity contribution is -0.145. The highest BCUT2D eigenvalue weighted by molar-refractivity contribution is 7.52. The summed E-state index contributed by atoms with van der Waals surface area (Å²) in [6.07, 6.45) is 1.61. The van der Waals surface area contributed by atoms with E-state index in [1.165, 1.54) is 0 Å². The molecule has 3 aromatic carbocycles. The number of unbranched alkanes of at least 4 members (excludes halogenated alkanes) is 1. The maximum absolute atomic E-state index is 14.4. The Labute approximate surface area is 262 Å². The summed E-state index contributed by atoms with van der Waals surface area (Å²) in [5, 5.41) is 5.57. The van der Waals surface area contributed by atoms with Crippen LogP contribution in [0.3, 0.4) is 0 Å². The molecule has 2 heterocycles. The van der Waals surface area contributed by atoms with Crippen LogP contribution in [0.4, 0.5) is 5.82 Å². The summed E-state index contributed by atoms with van der Waals surface area (Å²) >= 11 is 0. The van der Waals surface area contributed by atoms with Gasteiger partial charge in [0.05, 0.1) is 30.3 Å². The first-order valence-electron chi connectivity index (χ1n) is 15.2. The largest absolute Gasteiger partial charge is 0.465 e. The minimum atomic E-state index is -4.13. The van der Waals surface area contributed by atoms with Gasteiger partial charge in [-0.05, 0) is 56.2 Å². The van der Waals surface area contributed by atoms with E-state index in [9.17, 15) is 9.36 Å². The van der Waals surface area contributed by atoms with Crippen molar-refractivity contribution >= 4 is 52.2 Å². The number of anilines is 1. The summed E-state index contributed by atoms with van der Waals surface area (Å²) in [4.78, 5) is 22.1. The zero-order valence-electron chi connectivity index (χ0n) is 26.1. The minimum Gasteiger partial charge on any atom is -0.465 e. The third-order valence-corrected chi connectivity index (χ3v) is 9.03. The number of benzene rings is 3. The van der Waals surface area contributed by atoms with E-state index in [4.69, 9.17) is 29.2 Å². The molecule has 11 nitrogen and oxygen atoms in total. The SMILES string of the molecule is CCCCOC(=O)[C@H](C)N[P@](=O)(OC[C@H](C)n1c(COCC)nc2c(N)nc3ccccc3c21)Oc1ccc2ccccc2c1. The number of nitrogens with one attached hydrogen (secondary N) is 1. The maximum atomic E-state index is 14.4. The van der Waals surface area contributed by atoms with E-state index in [1.807, 2.05) is 79.9 Å². The molecule has 2 aromatic heterocycles. The zero-order chi connectivity index (χ0) is 32.0. The summed E-state index contributed by atoms with van der Waals surface area (Å²) in [5.74, 6) is 0.713. The number of imidazole rings is 1. The topological polar surface area (TPSA) is 140 Å². The highest BCUT2D eigenvalue weighted by atomic mass is 31.2. The number of nitrogen functional groups attached to an aromatic ring is 1. The number of pyridine rings is 1.